The van der Waals surface area contributed by atoms with E-state index in [4.69, 9.17) is 11.0 Å². The highest BCUT2D eigenvalue weighted by atomic mass is 16.6. The van der Waals surface area contributed by atoms with Crippen molar-refractivity contribution in [1.82, 2.24) is 0 Å². The van der Waals surface area contributed by atoms with Crippen LogP contribution in [0.15, 0.2) is 18.2 Å². The summed E-state index contributed by atoms with van der Waals surface area (Å²) in [6.07, 6.45) is 0. The summed E-state index contributed by atoms with van der Waals surface area (Å²) in [7, 11) is 0. The number of hydrogen-bond acceptors (Lipinski definition) is 5. The third-order valence-electron chi connectivity index (χ3n) is 3.21. The third-order valence-corrected chi connectivity index (χ3v) is 3.21. The number of nitro benzene ring substituents is 1. The number of nitrogens with zero attached hydrogens (tertiary/aromatic N) is 3. The Kier molecular flexibility index (Phi) is 5.06. The quantitative estimate of drug-likeness (QED) is 0.635. The fraction of sp³-hybridized carbons (Fsp3) is 0.500. The number of anilines is 1. The van der Waals surface area contributed by atoms with Crippen molar-refractivity contribution in [2.24, 2.45) is 11.1 Å². The van der Waals surface area contributed by atoms with Crippen molar-refractivity contribution < 1.29 is 4.92 Å². The Labute approximate surface area is 118 Å². The van der Waals surface area contributed by atoms with Gasteiger partial charge in [0.15, 0.2) is 0 Å². The third kappa shape index (κ3) is 3.45. The van der Waals surface area contributed by atoms with E-state index in [9.17, 15) is 10.1 Å². The molecule has 0 radical (unpaired) electrons. The molecule has 0 aliphatic carbocycles. The van der Waals surface area contributed by atoms with E-state index in [1.54, 1.807) is 12.1 Å². The molecule has 0 heterocycles. The highest BCUT2D eigenvalue weighted by molar-refractivity contribution is 5.69. The first-order valence-corrected chi connectivity index (χ1v) is 6.48. The molecule has 108 valence electrons. The zero-order valence-electron chi connectivity index (χ0n) is 12.1. The Balaban J connectivity index is 3.29. The molecule has 0 saturated carbocycles. The second-order valence-corrected chi connectivity index (χ2v) is 5.42. The molecule has 1 aromatic carbocycles. The lowest BCUT2D eigenvalue weighted by Crippen LogP contribution is -2.39. The van der Waals surface area contributed by atoms with Gasteiger partial charge in [0.25, 0.3) is 0 Å². The number of nitrogens with two attached hydrogens (primary N) is 1. The topological polar surface area (TPSA) is 96.2 Å². The van der Waals surface area contributed by atoms with Gasteiger partial charge in [-0.25, -0.2) is 0 Å². The largest absolute Gasteiger partial charge is 0.366 e. The summed E-state index contributed by atoms with van der Waals surface area (Å²) in [6.45, 7) is 7.63. The molecule has 0 amide bonds. The molecule has 0 saturated heterocycles. The van der Waals surface area contributed by atoms with E-state index in [2.05, 4.69) is 0 Å². The maximum absolute atomic E-state index is 11.3. The van der Waals surface area contributed by atoms with Crippen molar-refractivity contribution >= 4 is 11.4 Å². The molecule has 6 heteroatoms. The number of nitro groups is 1. The van der Waals surface area contributed by atoms with Crippen LogP contribution in [0.1, 0.15) is 26.3 Å². The molecule has 0 fully saturated rings. The lowest BCUT2D eigenvalue weighted by molar-refractivity contribution is -0.384. The fourth-order valence-corrected chi connectivity index (χ4v) is 2.02. The van der Waals surface area contributed by atoms with E-state index in [-0.39, 0.29) is 16.7 Å². The van der Waals surface area contributed by atoms with E-state index in [0.29, 0.717) is 25.3 Å². The van der Waals surface area contributed by atoms with Gasteiger partial charge in [-0.2, -0.15) is 5.26 Å². The summed E-state index contributed by atoms with van der Waals surface area (Å²) in [5.41, 5.74) is 5.98. The zero-order valence-corrected chi connectivity index (χ0v) is 12.1. The van der Waals surface area contributed by atoms with Gasteiger partial charge < -0.3 is 10.6 Å². The predicted molar refractivity (Wildman–Crippen MR) is 78.5 cm³/mol. The zero-order chi connectivity index (χ0) is 15.3. The standard InChI is InChI=1S/C14H20N4O2/c1-4-17(10-14(2,3)9-16)12-7-5-6-11(8-15)13(12)18(19)20/h5-7H,4,9-10,16H2,1-3H3. The molecular weight excluding hydrogens is 256 g/mol. The first kappa shape index (κ1) is 15.9. The van der Waals surface area contributed by atoms with Gasteiger partial charge in [-0.15, -0.1) is 0 Å². The molecule has 0 aromatic heterocycles. The summed E-state index contributed by atoms with van der Waals surface area (Å²) in [5, 5.41) is 20.3. The lowest BCUT2D eigenvalue weighted by Gasteiger charge is -2.32. The molecule has 0 aliphatic rings. The van der Waals surface area contributed by atoms with Crippen LogP contribution in [0.2, 0.25) is 0 Å². The first-order chi connectivity index (χ1) is 9.36. The van der Waals surface area contributed by atoms with Crippen LogP contribution in [0.5, 0.6) is 0 Å². The van der Waals surface area contributed by atoms with Gasteiger partial charge in [-0.05, 0) is 31.0 Å². The maximum Gasteiger partial charge on any atom is 0.310 e. The number of benzene rings is 1. The van der Waals surface area contributed by atoms with E-state index in [1.165, 1.54) is 6.07 Å². The van der Waals surface area contributed by atoms with Crippen LogP contribution in [0.4, 0.5) is 11.4 Å². The van der Waals surface area contributed by atoms with Crippen molar-refractivity contribution in [1.29, 1.82) is 5.26 Å². The Bertz CT molecular complexity index is 534. The Morgan fingerprint density at radius 1 is 1.50 bits per heavy atom. The number of rotatable bonds is 6. The van der Waals surface area contributed by atoms with Crippen molar-refractivity contribution in [3.8, 4) is 6.07 Å². The average molecular weight is 276 g/mol. The normalized spacial score (nSPS) is 10.9. The predicted octanol–water partition coefficient (Wildman–Crippen LogP) is 2.28. The molecule has 0 atom stereocenters. The number of nitriles is 1. The van der Waals surface area contributed by atoms with Crippen molar-refractivity contribution in [2.45, 2.75) is 20.8 Å². The van der Waals surface area contributed by atoms with Gasteiger partial charge in [0, 0.05) is 13.1 Å². The van der Waals surface area contributed by atoms with Crippen molar-refractivity contribution in [3.63, 3.8) is 0 Å². The van der Waals surface area contributed by atoms with Gasteiger partial charge in [-0.3, -0.25) is 10.1 Å². The molecule has 1 rings (SSSR count). The van der Waals surface area contributed by atoms with Crippen LogP contribution in [0, 0.1) is 26.9 Å². The SMILES string of the molecule is CCN(CC(C)(C)CN)c1cccc(C#N)c1[N+](=O)[O-]. The first-order valence-electron chi connectivity index (χ1n) is 6.48. The fourth-order valence-electron chi connectivity index (χ4n) is 2.02. The Hall–Kier alpha value is -2.13. The molecule has 20 heavy (non-hydrogen) atoms. The van der Waals surface area contributed by atoms with Gasteiger partial charge in [0.2, 0.25) is 0 Å². The summed E-state index contributed by atoms with van der Waals surface area (Å²) in [6, 6.07) is 6.68. The molecule has 0 aliphatic heterocycles. The smallest absolute Gasteiger partial charge is 0.310 e. The summed E-state index contributed by atoms with van der Waals surface area (Å²) in [5.74, 6) is 0. The molecule has 0 bridgehead atoms. The molecular formula is C14H20N4O2. The van der Waals surface area contributed by atoms with Crippen molar-refractivity contribution in [2.75, 3.05) is 24.5 Å². The van der Waals surface area contributed by atoms with Crippen molar-refractivity contribution in [3.05, 3.63) is 33.9 Å². The van der Waals surface area contributed by atoms with E-state index < -0.39 is 4.92 Å². The number of hydrogen-bond donors (Lipinski definition) is 1. The van der Waals surface area contributed by atoms with Gasteiger partial charge >= 0.3 is 5.69 Å². The van der Waals surface area contributed by atoms with Crippen LogP contribution in [0.3, 0.4) is 0 Å². The van der Waals surface area contributed by atoms with E-state index >= 15 is 0 Å². The van der Waals surface area contributed by atoms with Gasteiger partial charge in [-0.1, -0.05) is 19.9 Å². The van der Waals surface area contributed by atoms with Crippen LogP contribution < -0.4 is 10.6 Å². The molecule has 1 aromatic rings. The van der Waals surface area contributed by atoms with Crippen LogP contribution in [-0.2, 0) is 0 Å². The Morgan fingerprint density at radius 2 is 2.15 bits per heavy atom. The number of para-hydroxylation sites is 1. The van der Waals surface area contributed by atoms with Gasteiger partial charge in [0.1, 0.15) is 17.3 Å². The van der Waals surface area contributed by atoms with E-state index in [0.717, 1.165) is 0 Å². The molecule has 6 nitrogen and oxygen atoms in total. The second kappa shape index (κ2) is 6.35. The maximum atomic E-state index is 11.3. The highest BCUT2D eigenvalue weighted by Gasteiger charge is 2.27. The minimum Gasteiger partial charge on any atom is -0.366 e. The molecule has 0 spiro atoms. The monoisotopic (exact) mass is 276 g/mol. The summed E-state index contributed by atoms with van der Waals surface area (Å²) in [4.78, 5) is 12.7. The average Bonchev–Trinajstić information content (AvgIpc) is 2.43. The minimum absolute atomic E-state index is 0.0801. The summed E-state index contributed by atoms with van der Waals surface area (Å²) >= 11 is 0. The van der Waals surface area contributed by atoms with Crippen LogP contribution in [-0.4, -0.2) is 24.6 Å². The molecule has 0 unspecified atom stereocenters. The van der Waals surface area contributed by atoms with Crippen LogP contribution >= 0.6 is 0 Å². The summed E-state index contributed by atoms with van der Waals surface area (Å²) < 4.78 is 0. The second-order valence-electron chi connectivity index (χ2n) is 5.42. The highest BCUT2D eigenvalue weighted by Crippen LogP contribution is 2.33. The van der Waals surface area contributed by atoms with Gasteiger partial charge in [0.05, 0.1) is 4.92 Å². The minimum atomic E-state index is -0.494. The lowest BCUT2D eigenvalue weighted by atomic mass is 9.92. The Morgan fingerprint density at radius 3 is 2.60 bits per heavy atom. The molecule has 2 N–H and O–H groups in total. The van der Waals surface area contributed by atoms with E-state index in [1.807, 2.05) is 31.7 Å². The van der Waals surface area contributed by atoms with Crippen LogP contribution in [0.25, 0.3) is 0 Å².